The second kappa shape index (κ2) is 6.47. The molecular weight excluding hydrogens is 286 g/mol. The molecule has 0 N–H and O–H groups in total. The lowest BCUT2D eigenvalue weighted by Gasteiger charge is -2.25. The van der Waals surface area contributed by atoms with E-state index in [9.17, 15) is 10.1 Å². The summed E-state index contributed by atoms with van der Waals surface area (Å²) in [5, 5.41) is 11.8. The first-order valence-electron chi connectivity index (χ1n) is 7.11. The summed E-state index contributed by atoms with van der Waals surface area (Å²) in [4.78, 5) is 17.5. The molecule has 1 unspecified atom stereocenters. The summed E-state index contributed by atoms with van der Waals surface area (Å²) in [6, 6.07) is 5.31. The Kier molecular flexibility index (Phi) is 4.88. The van der Waals surface area contributed by atoms with Crippen LogP contribution in [0.25, 0.3) is 0 Å². The van der Waals surface area contributed by atoms with Gasteiger partial charge in [-0.3, -0.25) is 10.1 Å². The Morgan fingerprint density at radius 2 is 2.24 bits per heavy atom. The van der Waals surface area contributed by atoms with E-state index >= 15 is 0 Å². The number of nitrogens with zero attached hydrogens (tertiary/aromatic N) is 3. The zero-order valence-corrected chi connectivity index (χ0v) is 13.7. The maximum absolute atomic E-state index is 10.8. The maximum atomic E-state index is 10.8. The predicted octanol–water partition coefficient (Wildman–Crippen LogP) is 3.98. The number of thioether (sulfide) groups is 1. The molecule has 5 nitrogen and oxygen atoms in total. The van der Waals surface area contributed by atoms with Crippen molar-refractivity contribution in [1.82, 2.24) is 4.90 Å². The number of nitro benzene ring substituents is 1. The molecule has 0 bridgehead atoms. The largest absolute Gasteiger partial charge is 0.347 e. The fourth-order valence-electron chi connectivity index (χ4n) is 2.29. The Balaban J connectivity index is 2.28. The fourth-order valence-corrected chi connectivity index (χ4v) is 3.44. The van der Waals surface area contributed by atoms with Crippen LogP contribution in [0, 0.1) is 23.0 Å². The molecule has 1 saturated heterocycles. The summed E-state index contributed by atoms with van der Waals surface area (Å²) in [5.41, 5.74) is 1.76. The molecule has 114 valence electrons. The highest BCUT2D eigenvalue weighted by atomic mass is 32.2. The van der Waals surface area contributed by atoms with Crippen molar-refractivity contribution in [2.24, 2.45) is 10.9 Å². The van der Waals surface area contributed by atoms with Gasteiger partial charge in [0.25, 0.3) is 5.69 Å². The first-order valence-corrected chi connectivity index (χ1v) is 8.10. The number of hydrogen-bond acceptors (Lipinski definition) is 4. The lowest BCUT2D eigenvalue weighted by Crippen LogP contribution is -2.34. The van der Waals surface area contributed by atoms with Crippen molar-refractivity contribution in [2.75, 3.05) is 12.3 Å². The van der Waals surface area contributed by atoms with Crippen LogP contribution in [0.2, 0.25) is 0 Å². The molecule has 1 atom stereocenters. The van der Waals surface area contributed by atoms with Crippen molar-refractivity contribution >= 4 is 28.3 Å². The highest BCUT2D eigenvalue weighted by Crippen LogP contribution is 2.30. The van der Waals surface area contributed by atoms with Gasteiger partial charge in [-0.25, -0.2) is 4.99 Å². The third kappa shape index (κ3) is 3.75. The lowest BCUT2D eigenvalue weighted by molar-refractivity contribution is -0.384. The molecule has 1 aliphatic heterocycles. The topological polar surface area (TPSA) is 58.7 Å². The van der Waals surface area contributed by atoms with Crippen LogP contribution in [0.5, 0.6) is 0 Å². The van der Waals surface area contributed by atoms with Crippen molar-refractivity contribution in [3.8, 4) is 0 Å². The van der Waals surface area contributed by atoms with E-state index < -0.39 is 0 Å². The van der Waals surface area contributed by atoms with Gasteiger partial charge in [0.15, 0.2) is 5.17 Å². The molecule has 2 rings (SSSR count). The van der Waals surface area contributed by atoms with Gasteiger partial charge in [0.1, 0.15) is 0 Å². The van der Waals surface area contributed by atoms with Crippen LogP contribution < -0.4 is 0 Å². The highest BCUT2D eigenvalue weighted by molar-refractivity contribution is 8.14. The Morgan fingerprint density at radius 1 is 1.52 bits per heavy atom. The summed E-state index contributed by atoms with van der Waals surface area (Å²) >= 11 is 1.76. The highest BCUT2D eigenvalue weighted by Gasteiger charge is 2.27. The average molecular weight is 307 g/mol. The van der Waals surface area contributed by atoms with E-state index in [-0.39, 0.29) is 10.6 Å². The van der Waals surface area contributed by atoms with Crippen LogP contribution in [0.3, 0.4) is 0 Å². The summed E-state index contributed by atoms with van der Waals surface area (Å²) in [6.07, 6.45) is 0. The number of nitro groups is 1. The van der Waals surface area contributed by atoms with E-state index in [1.54, 1.807) is 23.9 Å². The second-order valence-electron chi connectivity index (χ2n) is 5.83. The van der Waals surface area contributed by atoms with E-state index in [1.807, 2.05) is 6.92 Å². The van der Waals surface area contributed by atoms with Gasteiger partial charge in [0, 0.05) is 30.5 Å². The lowest BCUT2D eigenvalue weighted by atomic mass is 10.2. The second-order valence-corrected chi connectivity index (χ2v) is 6.82. The Labute approximate surface area is 129 Å². The van der Waals surface area contributed by atoms with Gasteiger partial charge >= 0.3 is 0 Å². The summed E-state index contributed by atoms with van der Waals surface area (Å²) in [5.74, 6) is 1.62. The van der Waals surface area contributed by atoms with Crippen LogP contribution in [0.1, 0.15) is 26.3 Å². The Morgan fingerprint density at radius 3 is 2.81 bits per heavy atom. The fraction of sp³-hybridized carbons (Fsp3) is 0.533. The molecule has 1 aliphatic rings. The van der Waals surface area contributed by atoms with Crippen molar-refractivity contribution < 1.29 is 4.92 Å². The number of rotatable bonds is 4. The molecule has 1 heterocycles. The molecule has 0 saturated carbocycles. The van der Waals surface area contributed by atoms with Gasteiger partial charge in [0.2, 0.25) is 0 Å². The molecule has 0 amide bonds. The van der Waals surface area contributed by atoms with Gasteiger partial charge in [-0.15, -0.1) is 0 Å². The smallest absolute Gasteiger partial charge is 0.269 e. The minimum absolute atomic E-state index is 0.114. The van der Waals surface area contributed by atoms with Crippen LogP contribution in [0.15, 0.2) is 23.2 Å². The number of non-ortho nitro benzene ring substituents is 1. The van der Waals surface area contributed by atoms with Gasteiger partial charge in [-0.05, 0) is 31.4 Å². The van der Waals surface area contributed by atoms with Crippen molar-refractivity contribution in [3.05, 3.63) is 33.9 Å². The number of amidine groups is 1. The quantitative estimate of drug-likeness (QED) is 0.623. The number of aliphatic imine (C=N–C) groups is 1. The molecule has 0 aliphatic carbocycles. The molecule has 0 radical (unpaired) electrons. The summed E-state index contributed by atoms with van der Waals surface area (Å²) in [7, 11) is 0. The molecule has 1 aromatic carbocycles. The van der Waals surface area contributed by atoms with Crippen LogP contribution in [-0.4, -0.2) is 33.3 Å². The summed E-state index contributed by atoms with van der Waals surface area (Å²) in [6.45, 7) is 9.46. The van der Waals surface area contributed by atoms with Gasteiger partial charge in [0.05, 0.1) is 10.6 Å². The number of aryl methyl sites for hydroxylation is 1. The number of hydrogen-bond donors (Lipinski definition) is 0. The molecule has 21 heavy (non-hydrogen) atoms. The molecular formula is C15H21N3O2S. The van der Waals surface area contributed by atoms with E-state index in [2.05, 4.69) is 25.7 Å². The molecule has 0 spiro atoms. The van der Waals surface area contributed by atoms with Crippen LogP contribution in [-0.2, 0) is 0 Å². The average Bonchev–Trinajstić information content (AvgIpc) is 2.73. The SMILES string of the molecule is Cc1cc([N+](=O)[O-])ccc1N=C1SCC(C)N1CC(C)C. The molecule has 6 heteroatoms. The first-order chi connectivity index (χ1) is 9.88. The first kappa shape index (κ1) is 15.8. The van der Waals surface area contributed by atoms with E-state index in [1.165, 1.54) is 6.07 Å². The van der Waals surface area contributed by atoms with Crippen LogP contribution >= 0.6 is 11.8 Å². The molecule has 1 aromatic rings. The van der Waals surface area contributed by atoms with Crippen molar-refractivity contribution in [3.63, 3.8) is 0 Å². The normalized spacial score (nSPS) is 20.5. The standard InChI is InChI=1S/C15H21N3O2S/c1-10(2)8-17-12(4)9-21-15(17)16-14-6-5-13(18(19)20)7-11(14)3/h5-7,10,12H,8-9H2,1-4H3. The predicted molar refractivity (Wildman–Crippen MR) is 88.4 cm³/mol. The van der Waals surface area contributed by atoms with Gasteiger partial charge in [-0.2, -0.15) is 0 Å². The Hall–Kier alpha value is -1.56. The van der Waals surface area contributed by atoms with Gasteiger partial charge in [-0.1, -0.05) is 25.6 Å². The van der Waals surface area contributed by atoms with E-state index in [4.69, 9.17) is 4.99 Å². The van der Waals surface area contributed by atoms with Crippen molar-refractivity contribution in [1.29, 1.82) is 0 Å². The van der Waals surface area contributed by atoms with Crippen molar-refractivity contribution in [2.45, 2.75) is 33.7 Å². The van der Waals surface area contributed by atoms with Crippen LogP contribution in [0.4, 0.5) is 11.4 Å². The minimum Gasteiger partial charge on any atom is -0.347 e. The Bertz CT molecular complexity index is 572. The zero-order valence-electron chi connectivity index (χ0n) is 12.9. The maximum Gasteiger partial charge on any atom is 0.269 e. The third-order valence-corrected chi connectivity index (χ3v) is 4.63. The van der Waals surface area contributed by atoms with E-state index in [0.29, 0.717) is 12.0 Å². The van der Waals surface area contributed by atoms with E-state index in [0.717, 1.165) is 28.7 Å². The summed E-state index contributed by atoms with van der Waals surface area (Å²) < 4.78 is 0. The monoisotopic (exact) mass is 307 g/mol. The number of benzene rings is 1. The van der Waals surface area contributed by atoms with Gasteiger partial charge < -0.3 is 4.90 Å². The zero-order chi connectivity index (χ0) is 15.6. The minimum atomic E-state index is -0.374. The molecule has 0 aromatic heterocycles. The molecule has 1 fully saturated rings. The third-order valence-electron chi connectivity index (χ3n) is 3.40.